The number of benzene rings is 1. The molecule has 120 valence electrons. The van der Waals surface area contributed by atoms with Crippen LogP contribution in [0, 0.1) is 0 Å². The van der Waals surface area contributed by atoms with Gasteiger partial charge in [0.2, 0.25) is 5.91 Å². The molecule has 2 aliphatic rings. The van der Waals surface area contributed by atoms with Gasteiger partial charge in [-0.1, -0.05) is 29.8 Å². The lowest BCUT2D eigenvalue weighted by atomic mass is 10.0. The summed E-state index contributed by atoms with van der Waals surface area (Å²) in [6.45, 7) is 4.84. The lowest BCUT2D eigenvalue weighted by Gasteiger charge is -2.34. The van der Waals surface area contributed by atoms with Crippen molar-refractivity contribution in [2.45, 2.75) is 51.1 Å². The molecule has 0 aliphatic carbocycles. The van der Waals surface area contributed by atoms with Crippen LogP contribution < -0.4 is 0 Å². The maximum Gasteiger partial charge on any atom is 0.219 e. The zero-order valence-corrected chi connectivity index (χ0v) is 14.1. The first kappa shape index (κ1) is 15.8. The second kappa shape index (κ2) is 7.01. The molecule has 1 aromatic carbocycles. The van der Waals surface area contributed by atoms with E-state index in [1.54, 1.807) is 6.92 Å². The van der Waals surface area contributed by atoms with Crippen LogP contribution in [0.3, 0.4) is 0 Å². The van der Waals surface area contributed by atoms with Crippen molar-refractivity contribution in [2.75, 3.05) is 19.6 Å². The summed E-state index contributed by atoms with van der Waals surface area (Å²) in [7, 11) is 0. The van der Waals surface area contributed by atoms with Crippen LogP contribution in [-0.2, 0) is 11.2 Å². The zero-order valence-electron chi connectivity index (χ0n) is 13.3. The molecule has 2 atom stereocenters. The zero-order chi connectivity index (χ0) is 15.5. The van der Waals surface area contributed by atoms with Crippen LogP contribution in [0.4, 0.5) is 0 Å². The van der Waals surface area contributed by atoms with E-state index in [0.717, 1.165) is 43.9 Å². The van der Waals surface area contributed by atoms with Crippen molar-refractivity contribution in [2.24, 2.45) is 0 Å². The molecule has 0 aromatic heterocycles. The Labute approximate surface area is 138 Å². The van der Waals surface area contributed by atoms with E-state index in [1.165, 1.54) is 18.4 Å². The van der Waals surface area contributed by atoms with Gasteiger partial charge in [0, 0.05) is 37.1 Å². The predicted molar refractivity (Wildman–Crippen MR) is 90.2 cm³/mol. The van der Waals surface area contributed by atoms with E-state index in [1.807, 2.05) is 12.1 Å². The number of hydrogen-bond acceptors (Lipinski definition) is 2. The highest BCUT2D eigenvalue weighted by atomic mass is 35.5. The van der Waals surface area contributed by atoms with Gasteiger partial charge in [-0.05, 0) is 50.3 Å². The summed E-state index contributed by atoms with van der Waals surface area (Å²) in [5.74, 6) is 0.237. The van der Waals surface area contributed by atoms with Gasteiger partial charge in [-0.25, -0.2) is 0 Å². The van der Waals surface area contributed by atoms with Crippen molar-refractivity contribution >= 4 is 17.5 Å². The first-order valence-corrected chi connectivity index (χ1v) is 8.79. The molecular weight excluding hydrogens is 296 g/mol. The minimum absolute atomic E-state index is 0.237. The van der Waals surface area contributed by atoms with E-state index in [0.29, 0.717) is 12.1 Å². The Hall–Kier alpha value is -1.06. The van der Waals surface area contributed by atoms with Crippen LogP contribution >= 0.6 is 11.6 Å². The second-order valence-electron chi connectivity index (χ2n) is 6.51. The summed E-state index contributed by atoms with van der Waals surface area (Å²) in [6.07, 6.45) is 5.77. The number of halogens is 1. The molecule has 4 heteroatoms. The minimum Gasteiger partial charge on any atom is -0.338 e. The van der Waals surface area contributed by atoms with E-state index < -0.39 is 0 Å². The number of hydrogen-bond donors (Lipinski definition) is 0. The number of rotatable bonds is 4. The Morgan fingerprint density at radius 3 is 2.68 bits per heavy atom. The molecule has 0 N–H and O–H groups in total. The highest BCUT2D eigenvalue weighted by molar-refractivity contribution is 6.31. The van der Waals surface area contributed by atoms with Crippen LogP contribution in [0.1, 0.15) is 38.2 Å². The Bertz CT molecular complexity index is 534. The molecule has 0 bridgehead atoms. The normalized spacial score (nSPS) is 25.8. The molecule has 2 saturated heterocycles. The smallest absolute Gasteiger partial charge is 0.219 e. The van der Waals surface area contributed by atoms with Gasteiger partial charge >= 0.3 is 0 Å². The fraction of sp³-hybridized carbons (Fsp3) is 0.611. The van der Waals surface area contributed by atoms with Crippen molar-refractivity contribution in [3.05, 3.63) is 34.9 Å². The molecule has 1 amide bonds. The summed E-state index contributed by atoms with van der Waals surface area (Å²) in [6, 6.07) is 9.07. The van der Waals surface area contributed by atoms with E-state index in [4.69, 9.17) is 11.6 Å². The predicted octanol–water partition coefficient (Wildman–Crippen LogP) is 3.36. The molecule has 2 aliphatic heterocycles. The molecule has 3 rings (SSSR count). The number of carbonyl (C=O) groups excluding carboxylic acids is 1. The van der Waals surface area contributed by atoms with Crippen molar-refractivity contribution in [3.8, 4) is 0 Å². The molecule has 0 spiro atoms. The van der Waals surface area contributed by atoms with Gasteiger partial charge in [0.05, 0.1) is 0 Å². The third-order valence-corrected chi connectivity index (χ3v) is 5.56. The fourth-order valence-electron chi connectivity index (χ4n) is 4.11. The van der Waals surface area contributed by atoms with Gasteiger partial charge in [-0.2, -0.15) is 0 Å². The van der Waals surface area contributed by atoms with Crippen molar-refractivity contribution in [3.63, 3.8) is 0 Å². The average Bonchev–Trinajstić information content (AvgIpc) is 3.14. The molecule has 1 aromatic rings. The number of amides is 1. The van der Waals surface area contributed by atoms with Crippen LogP contribution in [0.15, 0.2) is 24.3 Å². The van der Waals surface area contributed by atoms with Gasteiger partial charge in [0.1, 0.15) is 0 Å². The average molecular weight is 321 g/mol. The molecule has 0 saturated carbocycles. The summed E-state index contributed by atoms with van der Waals surface area (Å²) in [4.78, 5) is 16.5. The van der Waals surface area contributed by atoms with E-state index >= 15 is 0 Å². The van der Waals surface area contributed by atoms with Gasteiger partial charge in [-0.3, -0.25) is 9.69 Å². The highest BCUT2D eigenvalue weighted by Crippen LogP contribution is 2.30. The lowest BCUT2D eigenvalue weighted by molar-refractivity contribution is -0.130. The topological polar surface area (TPSA) is 23.6 Å². The van der Waals surface area contributed by atoms with Crippen molar-refractivity contribution < 1.29 is 4.79 Å². The lowest BCUT2D eigenvalue weighted by Crippen LogP contribution is -2.48. The number of carbonyl (C=O) groups is 1. The maximum atomic E-state index is 11.8. The van der Waals surface area contributed by atoms with Crippen LogP contribution in [0.25, 0.3) is 0 Å². The first-order chi connectivity index (χ1) is 10.7. The molecule has 2 heterocycles. The van der Waals surface area contributed by atoms with Gasteiger partial charge in [-0.15, -0.1) is 0 Å². The Morgan fingerprint density at radius 2 is 1.91 bits per heavy atom. The van der Waals surface area contributed by atoms with Crippen molar-refractivity contribution in [1.29, 1.82) is 0 Å². The van der Waals surface area contributed by atoms with Crippen molar-refractivity contribution in [1.82, 2.24) is 9.80 Å². The number of nitrogens with zero attached hydrogens (tertiary/aromatic N) is 2. The summed E-state index contributed by atoms with van der Waals surface area (Å²) >= 11 is 6.27. The third kappa shape index (κ3) is 3.31. The third-order valence-electron chi connectivity index (χ3n) is 5.19. The Kier molecular flexibility index (Phi) is 5.04. The first-order valence-electron chi connectivity index (χ1n) is 8.41. The number of likely N-dealkylation sites (tertiary alicyclic amines) is 2. The Morgan fingerprint density at radius 1 is 1.18 bits per heavy atom. The largest absolute Gasteiger partial charge is 0.338 e. The summed E-state index contributed by atoms with van der Waals surface area (Å²) in [5.41, 5.74) is 1.23. The van der Waals surface area contributed by atoms with Crippen LogP contribution in [-0.4, -0.2) is 47.4 Å². The summed E-state index contributed by atoms with van der Waals surface area (Å²) in [5, 5.41) is 0.865. The monoisotopic (exact) mass is 320 g/mol. The van der Waals surface area contributed by atoms with E-state index in [9.17, 15) is 4.79 Å². The van der Waals surface area contributed by atoms with Gasteiger partial charge in [0.25, 0.3) is 0 Å². The molecule has 3 nitrogen and oxygen atoms in total. The van der Waals surface area contributed by atoms with E-state index in [2.05, 4.69) is 21.9 Å². The van der Waals surface area contributed by atoms with E-state index in [-0.39, 0.29) is 5.91 Å². The molecule has 22 heavy (non-hydrogen) atoms. The Balaban J connectivity index is 1.63. The molecule has 2 fully saturated rings. The fourth-order valence-corrected chi connectivity index (χ4v) is 4.34. The van der Waals surface area contributed by atoms with Gasteiger partial charge in [0.15, 0.2) is 0 Å². The standard InChI is InChI=1S/C18H25ClN2O/c1-14(22)21-12-5-9-18(21)17-8-4-11-20(17)13-10-15-6-2-3-7-16(15)19/h2-3,6-7,17-18H,4-5,8-13H2,1H3/t17-,18-/m1/s1. The summed E-state index contributed by atoms with van der Waals surface area (Å²) < 4.78 is 0. The SMILES string of the molecule is CC(=O)N1CCC[C@@H]1[C@H]1CCCN1CCc1ccccc1Cl. The minimum atomic E-state index is 0.237. The van der Waals surface area contributed by atoms with Crippen LogP contribution in [0.5, 0.6) is 0 Å². The quantitative estimate of drug-likeness (QED) is 0.849. The second-order valence-corrected chi connectivity index (χ2v) is 6.92. The highest BCUT2D eigenvalue weighted by Gasteiger charge is 2.38. The molecule has 0 unspecified atom stereocenters. The van der Waals surface area contributed by atoms with Gasteiger partial charge < -0.3 is 4.90 Å². The van der Waals surface area contributed by atoms with Crippen LogP contribution in [0.2, 0.25) is 5.02 Å². The molecule has 0 radical (unpaired) electrons. The maximum absolute atomic E-state index is 11.8. The molecular formula is C18H25ClN2O.